The molecule has 0 amide bonds. The van der Waals surface area contributed by atoms with Gasteiger partial charge in [-0.2, -0.15) is 0 Å². The molecule has 0 aromatic carbocycles. The summed E-state index contributed by atoms with van der Waals surface area (Å²) in [5, 5.41) is 9.63. The number of ether oxygens (including phenoxy) is 1. The summed E-state index contributed by atoms with van der Waals surface area (Å²) in [5.41, 5.74) is -0.587. The maximum absolute atomic E-state index is 11.7. The predicted molar refractivity (Wildman–Crippen MR) is 69.7 cm³/mol. The smallest absolute Gasteiger partial charge is 0.324 e. The molecule has 0 aromatic heterocycles. The van der Waals surface area contributed by atoms with Crippen molar-refractivity contribution in [3.8, 4) is 0 Å². The number of carboxylic acids is 1. The van der Waals surface area contributed by atoms with E-state index in [2.05, 4.69) is 11.8 Å². The van der Waals surface area contributed by atoms with Gasteiger partial charge in [-0.15, -0.1) is 0 Å². The third kappa shape index (κ3) is 2.28. The molecule has 1 atom stereocenters. The lowest BCUT2D eigenvalue weighted by molar-refractivity contribution is -0.156. The van der Waals surface area contributed by atoms with E-state index in [0.29, 0.717) is 12.1 Å². The first-order valence-corrected chi connectivity index (χ1v) is 7.25. The second kappa shape index (κ2) is 5.57. The van der Waals surface area contributed by atoms with Crippen molar-refractivity contribution in [3.63, 3.8) is 0 Å². The van der Waals surface area contributed by atoms with Gasteiger partial charge in [0.25, 0.3) is 0 Å². The maximum atomic E-state index is 11.7. The average Bonchev–Trinajstić information content (AvgIpc) is 2.68. The molecule has 2 rings (SSSR count). The van der Waals surface area contributed by atoms with Crippen LogP contribution in [0.3, 0.4) is 0 Å². The summed E-state index contributed by atoms with van der Waals surface area (Å²) in [6.07, 6.45) is 5.91. The lowest BCUT2D eigenvalue weighted by Crippen LogP contribution is -2.59. The Morgan fingerprint density at radius 1 is 1.44 bits per heavy atom. The number of nitrogens with zero attached hydrogens (tertiary/aromatic N) is 1. The normalized spacial score (nSPS) is 36.6. The zero-order chi connectivity index (χ0) is 13.2. The number of carbonyl (C=O) groups is 1. The highest BCUT2D eigenvalue weighted by molar-refractivity contribution is 5.79. The van der Waals surface area contributed by atoms with Gasteiger partial charge in [-0.05, 0) is 45.6 Å². The molecule has 2 aliphatic rings. The first-order valence-electron chi connectivity index (χ1n) is 7.25. The molecule has 1 N–H and O–H groups in total. The fourth-order valence-electron chi connectivity index (χ4n) is 3.61. The topological polar surface area (TPSA) is 49.8 Å². The Kier molecular flexibility index (Phi) is 4.28. The number of rotatable bonds is 6. The molecular weight excluding hydrogens is 230 g/mol. The minimum absolute atomic E-state index is 0.355. The molecule has 2 fully saturated rings. The van der Waals surface area contributed by atoms with Crippen molar-refractivity contribution < 1.29 is 14.6 Å². The highest BCUT2D eigenvalue weighted by atomic mass is 16.5. The van der Waals surface area contributed by atoms with Gasteiger partial charge in [0, 0.05) is 12.6 Å². The van der Waals surface area contributed by atoms with Gasteiger partial charge in [0.1, 0.15) is 5.54 Å². The summed E-state index contributed by atoms with van der Waals surface area (Å²) < 4.78 is 5.58. The highest BCUT2D eigenvalue weighted by Gasteiger charge is 2.51. The molecule has 1 heterocycles. The van der Waals surface area contributed by atoms with Crippen molar-refractivity contribution in [2.75, 3.05) is 13.2 Å². The van der Waals surface area contributed by atoms with E-state index in [4.69, 9.17) is 4.74 Å². The third-order valence-electron chi connectivity index (χ3n) is 4.51. The first-order chi connectivity index (χ1) is 8.64. The molecular formula is C14H25NO3. The van der Waals surface area contributed by atoms with E-state index < -0.39 is 11.5 Å². The maximum Gasteiger partial charge on any atom is 0.324 e. The van der Waals surface area contributed by atoms with Gasteiger partial charge in [0.15, 0.2) is 0 Å². The SMILES string of the molecule is CCCC1(C(=O)O)CCCN1C1CC(OCC)C1. The minimum Gasteiger partial charge on any atom is -0.480 e. The quantitative estimate of drug-likeness (QED) is 0.791. The fraction of sp³-hybridized carbons (Fsp3) is 0.929. The first kappa shape index (κ1) is 13.8. The zero-order valence-electron chi connectivity index (χ0n) is 11.5. The van der Waals surface area contributed by atoms with Crippen LogP contribution in [-0.2, 0) is 9.53 Å². The number of hydrogen-bond donors (Lipinski definition) is 1. The summed E-state index contributed by atoms with van der Waals surface area (Å²) >= 11 is 0. The Bertz CT molecular complexity index is 301. The van der Waals surface area contributed by atoms with Crippen LogP contribution in [0.2, 0.25) is 0 Å². The van der Waals surface area contributed by atoms with Crippen molar-refractivity contribution in [3.05, 3.63) is 0 Å². The Hall–Kier alpha value is -0.610. The molecule has 0 radical (unpaired) electrons. The fourth-order valence-corrected chi connectivity index (χ4v) is 3.61. The van der Waals surface area contributed by atoms with Crippen LogP contribution in [0.5, 0.6) is 0 Å². The molecule has 1 saturated carbocycles. The zero-order valence-corrected chi connectivity index (χ0v) is 11.5. The molecule has 0 spiro atoms. The van der Waals surface area contributed by atoms with Crippen LogP contribution < -0.4 is 0 Å². The molecule has 1 unspecified atom stereocenters. The molecule has 104 valence electrons. The van der Waals surface area contributed by atoms with Gasteiger partial charge in [-0.3, -0.25) is 9.69 Å². The van der Waals surface area contributed by atoms with Crippen molar-refractivity contribution in [1.82, 2.24) is 4.90 Å². The Morgan fingerprint density at radius 2 is 2.17 bits per heavy atom. The van der Waals surface area contributed by atoms with E-state index in [-0.39, 0.29) is 0 Å². The van der Waals surface area contributed by atoms with E-state index in [1.165, 1.54) is 0 Å². The van der Waals surface area contributed by atoms with Crippen LogP contribution in [0, 0.1) is 0 Å². The van der Waals surface area contributed by atoms with Crippen molar-refractivity contribution in [2.45, 2.75) is 70.1 Å². The monoisotopic (exact) mass is 255 g/mol. The summed E-state index contributed by atoms with van der Waals surface area (Å²) in [6.45, 7) is 5.79. The van der Waals surface area contributed by atoms with Crippen LogP contribution in [0.15, 0.2) is 0 Å². The molecule has 1 aliphatic heterocycles. The van der Waals surface area contributed by atoms with E-state index in [0.717, 1.165) is 51.7 Å². The lowest BCUT2D eigenvalue weighted by atomic mass is 9.82. The van der Waals surface area contributed by atoms with Gasteiger partial charge in [-0.1, -0.05) is 13.3 Å². The van der Waals surface area contributed by atoms with Crippen LogP contribution in [0.25, 0.3) is 0 Å². The molecule has 18 heavy (non-hydrogen) atoms. The van der Waals surface area contributed by atoms with Crippen molar-refractivity contribution in [2.24, 2.45) is 0 Å². The predicted octanol–water partition coefficient (Wildman–Crippen LogP) is 2.27. The lowest BCUT2D eigenvalue weighted by Gasteiger charge is -2.47. The second-order valence-corrected chi connectivity index (χ2v) is 5.59. The van der Waals surface area contributed by atoms with E-state index in [1.807, 2.05) is 6.92 Å². The van der Waals surface area contributed by atoms with Crippen LogP contribution >= 0.6 is 0 Å². The van der Waals surface area contributed by atoms with Gasteiger partial charge in [0.2, 0.25) is 0 Å². The third-order valence-corrected chi connectivity index (χ3v) is 4.51. The van der Waals surface area contributed by atoms with E-state index in [9.17, 15) is 9.90 Å². The standard InChI is InChI=1S/C14H25NO3/c1-3-6-14(13(16)17)7-5-8-15(14)11-9-12(10-11)18-4-2/h11-12H,3-10H2,1-2H3,(H,16,17). The Morgan fingerprint density at radius 3 is 2.72 bits per heavy atom. The number of carboxylic acid groups (broad SMARTS) is 1. The second-order valence-electron chi connectivity index (χ2n) is 5.59. The highest BCUT2D eigenvalue weighted by Crippen LogP contribution is 2.41. The summed E-state index contributed by atoms with van der Waals surface area (Å²) in [4.78, 5) is 14.0. The number of likely N-dealkylation sites (tertiary alicyclic amines) is 1. The summed E-state index contributed by atoms with van der Waals surface area (Å²) in [5.74, 6) is -0.623. The van der Waals surface area contributed by atoms with Crippen LogP contribution in [-0.4, -0.2) is 46.8 Å². The average molecular weight is 255 g/mol. The van der Waals surface area contributed by atoms with E-state index >= 15 is 0 Å². The molecule has 1 aliphatic carbocycles. The summed E-state index contributed by atoms with van der Waals surface area (Å²) in [6, 6.07) is 0.423. The minimum atomic E-state index is -0.623. The molecule has 0 aromatic rings. The van der Waals surface area contributed by atoms with Crippen molar-refractivity contribution >= 4 is 5.97 Å². The largest absolute Gasteiger partial charge is 0.480 e. The van der Waals surface area contributed by atoms with E-state index in [1.54, 1.807) is 0 Å². The molecule has 4 nitrogen and oxygen atoms in total. The molecule has 1 saturated heterocycles. The van der Waals surface area contributed by atoms with Gasteiger partial charge < -0.3 is 9.84 Å². The van der Waals surface area contributed by atoms with Crippen LogP contribution in [0.1, 0.15) is 52.4 Å². The van der Waals surface area contributed by atoms with Gasteiger partial charge in [0.05, 0.1) is 6.10 Å². The Labute approximate surface area is 109 Å². The Balaban J connectivity index is 2.01. The number of hydrogen-bond acceptors (Lipinski definition) is 3. The molecule has 0 bridgehead atoms. The summed E-state index contributed by atoms with van der Waals surface area (Å²) in [7, 11) is 0. The van der Waals surface area contributed by atoms with Gasteiger partial charge >= 0.3 is 5.97 Å². The van der Waals surface area contributed by atoms with Crippen LogP contribution in [0.4, 0.5) is 0 Å². The van der Waals surface area contributed by atoms with Crippen molar-refractivity contribution in [1.29, 1.82) is 0 Å². The number of aliphatic carboxylic acids is 1. The van der Waals surface area contributed by atoms with Gasteiger partial charge in [-0.25, -0.2) is 0 Å². The molecule has 4 heteroatoms.